The lowest BCUT2D eigenvalue weighted by Gasteiger charge is -2.29. The number of carbonyl (C=O) groups excluding carboxylic acids is 1. The Kier molecular flexibility index (Phi) is 8.63. The molecule has 4 aromatic rings. The largest absolute Gasteiger partial charge is 0.438 e. The van der Waals surface area contributed by atoms with Crippen LogP contribution in [0.15, 0.2) is 55.0 Å². The number of amides is 1. The number of likely N-dealkylation sites (tertiary alicyclic amines) is 1. The molecule has 0 saturated carbocycles. The average molecular weight is 611 g/mol. The van der Waals surface area contributed by atoms with Crippen LogP contribution in [0.4, 0.5) is 34.9 Å². The number of hydrogen-bond acceptors (Lipinski definition) is 9. The number of nitrogens with one attached hydrogen (secondary N) is 2. The van der Waals surface area contributed by atoms with Crippen LogP contribution >= 0.6 is 0 Å². The van der Waals surface area contributed by atoms with Crippen LogP contribution < -0.4 is 20.3 Å². The van der Waals surface area contributed by atoms with E-state index in [-0.39, 0.29) is 29.2 Å². The van der Waals surface area contributed by atoms with Gasteiger partial charge >= 0.3 is 6.18 Å². The Balaban J connectivity index is 1.47. The number of rotatable bonds is 8. The molecule has 1 saturated heterocycles. The first kappa shape index (κ1) is 30.6. The van der Waals surface area contributed by atoms with E-state index in [0.29, 0.717) is 29.3 Å². The van der Waals surface area contributed by atoms with E-state index in [1.165, 1.54) is 24.7 Å². The minimum atomic E-state index is -4.65. The fourth-order valence-electron chi connectivity index (χ4n) is 4.96. The summed E-state index contributed by atoms with van der Waals surface area (Å²) in [4.78, 5) is 34.2. The number of carbonyl (C=O) groups is 1. The molecule has 1 atom stereocenters. The molecule has 1 aliphatic heterocycles. The molecule has 1 aliphatic rings. The van der Waals surface area contributed by atoms with Crippen molar-refractivity contribution in [3.05, 3.63) is 77.5 Å². The zero-order valence-electron chi connectivity index (χ0n) is 24.4. The molecule has 10 nitrogen and oxygen atoms in total. The van der Waals surface area contributed by atoms with Gasteiger partial charge in [0, 0.05) is 32.9 Å². The monoisotopic (exact) mass is 610 g/mol. The molecule has 1 unspecified atom stereocenters. The molecule has 5 rings (SSSR count). The fourth-order valence-corrected chi connectivity index (χ4v) is 4.96. The van der Waals surface area contributed by atoms with Gasteiger partial charge in [-0.3, -0.25) is 4.79 Å². The highest BCUT2D eigenvalue weighted by Crippen LogP contribution is 2.37. The number of likely N-dealkylation sites (N-methyl/N-ethyl adjacent to an activating group) is 2. The minimum absolute atomic E-state index is 0.0182. The Morgan fingerprint density at radius 2 is 1.93 bits per heavy atom. The predicted molar refractivity (Wildman–Crippen MR) is 158 cm³/mol. The summed E-state index contributed by atoms with van der Waals surface area (Å²) in [5.74, 6) is -1.03. The number of aryl methyl sites for hydroxylation is 1. The van der Waals surface area contributed by atoms with E-state index < -0.39 is 29.0 Å². The van der Waals surface area contributed by atoms with Gasteiger partial charge in [0.25, 0.3) is 5.91 Å². The Labute approximate surface area is 251 Å². The molecule has 0 spiro atoms. The van der Waals surface area contributed by atoms with Gasteiger partial charge in [-0.05, 0) is 75.0 Å². The van der Waals surface area contributed by atoms with Crippen molar-refractivity contribution >= 4 is 23.2 Å². The van der Waals surface area contributed by atoms with E-state index in [4.69, 9.17) is 4.74 Å². The van der Waals surface area contributed by atoms with E-state index in [1.54, 1.807) is 33.2 Å². The van der Waals surface area contributed by atoms with Gasteiger partial charge in [-0.25, -0.2) is 19.3 Å². The lowest BCUT2D eigenvalue weighted by molar-refractivity contribution is -0.137. The van der Waals surface area contributed by atoms with Crippen molar-refractivity contribution in [1.82, 2.24) is 24.8 Å². The van der Waals surface area contributed by atoms with Gasteiger partial charge in [0.2, 0.25) is 11.8 Å². The molecule has 2 aromatic carbocycles. The predicted octanol–water partition coefficient (Wildman–Crippen LogP) is 5.63. The first-order valence-electron chi connectivity index (χ1n) is 13.7. The molecule has 2 N–H and O–H groups in total. The van der Waals surface area contributed by atoms with Crippen molar-refractivity contribution in [1.29, 1.82) is 0 Å². The minimum Gasteiger partial charge on any atom is -0.438 e. The number of pyridine rings is 1. The first-order chi connectivity index (χ1) is 20.9. The molecule has 1 amide bonds. The smallest absolute Gasteiger partial charge is 0.416 e. The molecule has 0 aliphatic carbocycles. The van der Waals surface area contributed by atoms with Crippen LogP contribution in [0, 0.1) is 12.7 Å². The van der Waals surface area contributed by atoms with E-state index >= 15 is 4.39 Å². The molecule has 230 valence electrons. The third-order valence-corrected chi connectivity index (χ3v) is 7.39. The van der Waals surface area contributed by atoms with Gasteiger partial charge < -0.3 is 25.2 Å². The number of alkyl halides is 3. The maximum absolute atomic E-state index is 15.2. The van der Waals surface area contributed by atoms with Crippen molar-refractivity contribution in [3.63, 3.8) is 0 Å². The molecule has 0 radical (unpaired) electrons. The van der Waals surface area contributed by atoms with E-state index in [9.17, 15) is 18.0 Å². The third kappa shape index (κ3) is 6.54. The summed E-state index contributed by atoms with van der Waals surface area (Å²) in [6.07, 6.45) is -1.04. The molecular formula is C30H30F4N8O2. The maximum atomic E-state index is 15.2. The van der Waals surface area contributed by atoms with Gasteiger partial charge in [-0.2, -0.15) is 18.2 Å². The van der Waals surface area contributed by atoms with Crippen LogP contribution in [0.25, 0.3) is 11.4 Å². The van der Waals surface area contributed by atoms with E-state index in [1.807, 2.05) is 11.9 Å². The van der Waals surface area contributed by atoms with Crippen LogP contribution in [0.5, 0.6) is 11.6 Å². The molecule has 0 bridgehead atoms. The van der Waals surface area contributed by atoms with Gasteiger partial charge in [-0.1, -0.05) is 0 Å². The third-order valence-electron chi connectivity index (χ3n) is 7.39. The molecule has 14 heteroatoms. The van der Waals surface area contributed by atoms with E-state index in [0.717, 1.165) is 31.2 Å². The van der Waals surface area contributed by atoms with Crippen LogP contribution in [0.2, 0.25) is 0 Å². The number of benzene rings is 2. The quantitative estimate of drug-likeness (QED) is 0.246. The second-order valence-corrected chi connectivity index (χ2v) is 10.4. The number of aromatic nitrogens is 4. The number of anilines is 3. The highest BCUT2D eigenvalue weighted by Gasteiger charge is 2.33. The number of nitrogens with zero attached hydrogens (tertiary/aromatic N) is 6. The SMILES string of the molecule is CNc1ncnc(-c2cccnc2Oc2cc(C(=O)Nc3cc(C(F)(F)F)ccc3N(C)C3CCN(C)C3)c(F)cc2C)n1. The fraction of sp³-hybridized carbons (Fsp3) is 0.300. The Bertz CT molecular complexity index is 1680. The van der Waals surface area contributed by atoms with Crippen LogP contribution in [-0.4, -0.2) is 71.0 Å². The standard InChI is InChI=1S/C30H30F4N8O2/c1-17-12-22(31)21(14-25(17)44-28-20(6-5-10-36-28)26-37-16-38-29(35-2)40-26)27(43)39-23-13-18(30(32,33)34)7-8-24(23)42(4)19-9-11-41(3)15-19/h5-8,10,12-14,16,19H,9,11,15H2,1-4H3,(H,39,43)(H,35,37,38,40). The summed E-state index contributed by atoms with van der Waals surface area (Å²) in [6, 6.07) is 8.81. The van der Waals surface area contributed by atoms with Crippen LogP contribution in [-0.2, 0) is 6.18 Å². The van der Waals surface area contributed by atoms with Crippen molar-refractivity contribution in [2.75, 3.05) is 49.8 Å². The molecule has 1 fully saturated rings. The van der Waals surface area contributed by atoms with Crippen molar-refractivity contribution in [3.8, 4) is 23.0 Å². The number of halogens is 4. The van der Waals surface area contributed by atoms with Crippen molar-refractivity contribution < 1.29 is 27.1 Å². The summed E-state index contributed by atoms with van der Waals surface area (Å²) in [7, 11) is 5.37. The summed E-state index contributed by atoms with van der Waals surface area (Å²) < 4.78 is 62.2. The lowest BCUT2D eigenvalue weighted by Crippen LogP contribution is -2.34. The molecular weight excluding hydrogens is 580 g/mol. The zero-order valence-corrected chi connectivity index (χ0v) is 24.4. The Morgan fingerprint density at radius 1 is 1.14 bits per heavy atom. The van der Waals surface area contributed by atoms with Gasteiger partial charge in [0.05, 0.1) is 28.1 Å². The topological polar surface area (TPSA) is 108 Å². The maximum Gasteiger partial charge on any atom is 0.416 e. The van der Waals surface area contributed by atoms with E-state index in [2.05, 4.69) is 35.5 Å². The lowest BCUT2D eigenvalue weighted by atomic mass is 10.1. The summed E-state index contributed by atoms with van der Waals surface area (Å²) in [5, 5.41) is 5.34. The summed E-state index contributed by atoms with van der Waals surface area (Å²) in [5.41, 5.74) is -0.308. The molecule has 44 heavy (non-hydrogen) atoms. The number of hydrogen-bond donors (Lipinski definition) is 2. The molecule has 2 aromatic heterocycles. The average Bonchev–Trinajstić information content (AvgIpc) is 3.44. The van der Waals surface area contributed by atoms with Gasteiger partial charge in [0.1, 0.15) is 17.9 Å². The summed E-state index contributed by atoms with van der Waals surface area (Å²) >= 11 is 0. The second kappa shape index (κ2) is 12.4. The second-order valence-electron chi connectivity index (χ2n) is 10.4. The normalized spacial score (nSPS) is 15.2. The van der Waals surface area contributed by atoms with Crippen LogP contribution in [0.1, 0.15) is 27.9 Å². The highest BCUT2D eigenvalue weighted by atomic mass is 19.4. The van der Waals surface area contributed by atoms with Crippen molar-refractivity contribution in [2.24, 2.45) is 0 Å². The van der Waals surface area contributed by atoms with Gasteiger partial charge in [-0.15, -0.1) is 0 Å². The first-order valence-corrected chi connectivity index (χ1v) is 13.7. The summed E-state index contributed by atoms with van der Waals surface area (Å²) in [6.45, 7) is 3.12. The van der Waals surface area contributed by atoms with Crippen molar-refractivity contribution in [2.45, 2.75) is 25.6 Å². The number of ether oxygens (including phenoxy) is 1. The zero-order chi connectivity index (χ0) is 31.6. The molecule has 3 heterocycles. The highest BCUT2D eigenvalue weighted by molar-refractivity contribution is 6.06. The Morgan fingerprint density at radius 3 is 2.64 bits per heavy atom. The Hall–Kier alpha value is -4.85. The van der Waals surface area contributed by atoms with Crippen LogP contribution in [0.3, 0.4) is 0 Å². The van der Waals surface area contributed by atoms with Gasteiger partial charge in [0.15, 0.2) is 5.82 Å².